The van der Waals surface area contributed by atoms with Crippen LogP contribution >= 0.6 is 11.6 Å². The summed E-state index contributed by atoms with van der Waals surface area (Å²) in [6.07, 6.45) is 0. The number of halogens is 1. The predicted octanol–water partition coefficient (Wildman–Crippen LogP) is 0.513. The zero-order valence-corrected chi connectivity index (χ0v) is 11.3. The van der Waals surface area contributed by atoms with Crippen molar-refractivity contribution in [2.45, 2.75) is 19.4 Å². The SMILES string of the molecule is CC(C)(Oc1ccc(Cl)cc1)C(=O)[O-].[Al+3].[OH-].[OH-]. The smallest absolute Gasteiger partial charge is 0.870 e. The van der Waals surface area contributed by atoms with Crippen molar-refractivity contribution in [1.82, 2.24) is 0 Å². The molecule has 0 atom stereocenters. The van der Waals surface area contributed by atoms with Gasteiger partial charge in [0.15, 0.2) is 0 Å². The zero-order valence-electron chi connectivity index (χ0n) is 9.38. The monoisotopic (exact) mass is 274 g/mol. The molecule has 5 nitrogen and oxygen atoms in total. The van der Waals surface area contributed by atoms with E-state index in [1.165, 1.54) is 13.8 Å². The molecule has 0 aliphatic rings. The molecule has 0 aliphatic heterocycles. The summed E-state index contributed by atoms with van der Waals surface area (Å²) >= 11 is 5.66. The van der Waals surface area contributed by atoms with E-state index in [-0.39, 0.29) is 28.3 Å². The zero-order chi connectivity index (χ0) is 10.8. The minimum atomic E-state index is -1.34. The minimum Gasteiger partial charge on any atom is -0.870 e. The minimum absolute atomic E-state index is 0. The van der Waals surface area contributed by atoms with Gasteiger partial charge in [-0.25, -0.2) is 0 Å². The van der Waals surface area contributed by atoms with Crippen LogP contribution in [0.1, 0.15) is 13.8 Å². The van der Waals surface area contributed by atoms with Crippen molar-refractivity contribution in [1.29, 1.82) is 0 Å². The Balaban J connectivity index is -0.000000653. The number of hydrogen-bond donors (Lipinski definition) is 0. The molecule has 0 radical (unpaired) electrons. The molecule has 0 heterocycles. The fourth-order valence-corrected chi connectivity index (χ4v) is 0.965. The van der Waals surface area contributed by atoms with E-state index in [4.69, 9.17) is 16.3 Å². The van der Waals surface area contributed by atoms with Crippen molar-refractivity contribution in [2.24, 2.45) is 0 Å². The van der Waals surface area contributed by atoms with E-state index in [0.29, 0.717) is 10.8 Å². The van der Waals surface area contributed by atoms with Crippen LogP contribution in [0.5, 0.6) is 5.75 Å². The first kappa shape index (κ1) is 21.5. The quantitative estimate of drug-likeness (QED) is 0.746. The normalized spacial score (nSPS) is 9.12. The molecule has 1 aromatic rings. The fourth-order valence-electron chi connectivity index (χ4n) is 0.839. The van der Waals surface area contributed by atoms with Crippen LogP contribution in [-0.4, -0.2) is 39.9 Å². The number of ether oxygens (including phenoxy) is 1. The molecule has 0 aliphatic carbocycles. The molecule has 17 heavy (non-hydrogen) atoms. The summed E-state index contributed by atoms with van der Waals surface area (Å²) in [5, 5.41) is 11.2. The predicted molar refractivity (Wildman–Crippen MR) is 60.8 cm³/mol. The molecule has 1 rings (SSSR count). The summed E-state index contributed by atoms with van der Waals surface area (Å²) in [5.41, 5.74) is -1.34. The van der Waals surface area contributed by atoms with Crippen molar-refractivity contribution in [3.8, 4) is 5.75 Å². The molecule has 0 spiro atoms. The second-order valence-electron chi connectivity index (χ2n) is 3.35. The van der Waals surface area contributed by atoms with Crippen molar-refractivity contribution < 1.29 is 25.6 Å². The Labute approximate surface area is 115 Å². The Morgan fingerprint density at radius 1 is 1.24 bits per heavy atom. The summed E-state index contributed by atoms with van der Waals surface area (Å²) in [4.78, 5) is 10.6. The van der Waals surface area contributed by atoms with Crippen LogP contribution in [0.4, 0.5) is 0 Å². The summed E-state index contributed by atoms with van der Waals surface area (Å²) < 4.78 is 5.20. The molecule has 0 unspecified atom stereocenters. The number of carboxylic acids is 1. The first-order chi connectivity index (χ1) is 6.42. The van der Waals surface area contributed by atoms with E-state index in [9.17, 15) is 9.90 Å². The van der Waals surface area contributed by atoms with E-state index >= 15 is 0 Å². The van der Waals surface area contributed by atoms with Crippen molar-refractivity contribution in [3.63, 3.8) is 0 Å². The van der Waals surface area contributed by atoms with Crippen LogP contribution in [-0.2, 0) is 4.79 Å². The van der Waals surface area contributed by atoms with Crippen LogP contribution in [0.25, 0.3) is 0 Å². The Bertz CT molecular complexity index is 339. The Kier molecular flexibility index (Phi) is 10.6. The van der Waals surface area contributed by atoms with E-state index in [1.807, 2.05) is 0 Å². The molecule has 7 heteroatoms. The number of carbonyl (C=O) groups excluding carboxylic acids is 1. The molecule has 0 bridgehead atoms. The van der Waals surface area contributed by atoms with Gasteiger partial charge in [0.25, 0.3) is 0 Å². The second kappa shape index (κ2) is 8.34. The molecule has 0 saturated heterocycles. The van der Waals surface area contributed by atoms with Crippen molar-refractivity contribution in [3.05, 3.63) is 29.3 Å². The van der Waals surface area contributed by atoms with Gasteiger partial charge in [-0.15, -0.1) is 0 Å². The summed E-state index contributed by atoms with van der Waals surface area (Å²) in [6.45, 7) is 2.86. The molecule has 0 fully saturated rings. The Morgan fingerprint density at radius 2 is 1.65 bits per heavy atom. The van der Waals surface area contributed by atoms with E-state index in [0.717, 1.165) is 0 Å². The standard InChI is InChI=1S/C10H11ClO3.Al.2H2O/c1-10(2,9(12)13)14-8-5-3-7(11)4-6-8;;;/h3-6H,1-2H3,(H,12,13);;2*1H2/q;+3;;/p-3. The average Bonchev–Trinajstić information content (AvgIpc) is 2.08. The third kappa shape index (κ3) is 6.52. The molecule has 92 valence electrons. The fraction of sp³-hybridized carbons (Fsp3) is 0.300. The van der Waals surface area contributed by atoms with Gasteiger partial charge in [-0.1, -0.05) is 11.6 Å². The molecular formula is C10H12AlClO5. The Morgan fingerprint density at radius 3 is 2.00 bits per heavy atom. The van der Waals surface area contributed by atoms with Gasteiger partial charge in [0.2, 0.25) is 0 Å². The van der Waals surface area contributed by atoms with Gasteiger partial charge in [-0.05, 0) is 38.1 Å². The first-order valence-corrected chi connectivity index (χ1v) is 4.45. The van der Waals surface area contributed by atoms with E-state index in [1.54, 1.807) is 24.3 Å². The van der Waals surface area contributed by atoms with Crippen LogP contribution in [0.2, 0.25) is 5.02 Å². The molecular weight excluding hydrogens is 263 g/mol. The third-order valence-corrected chi connectivity index (χ3v) is 1.93. The van der Waals surface area contributed by atoms with Crippen LogP contribution in [0.3, 0.4) is 0 Å². The average molecular weight is 275 g/mol. The Hall–Kier alpha value is -0.768. The van der Waals surface area contributed by atoms with Gasteiger partial charge in [-0.2, -0.15) is 0 Å². The van der Waals surface area contributed by atoms with Crippen LogP contribution in [0, 0.1) is 0 Å². The topological polar surface area (TPSA) is 109 Å². The number of carbonyl (C=O) groups is 1. The molecule has 0 amide bonds. The number of hydrogen-bond acceptors (Lipinski definition) is 5. The molecule has 0 saturated carbocycles. The summed E-state index contributed by atoms with van der Waals surface area (Å²) in [7, 11) is 0. The van der Waals surface area contributed by atoms with E-state index < -0.39 is 11.6 Å². The van der Waals surface area contributed by atoms with Gasteiger partial charge in [0.1, 0.15) is 11.4 Å². The van der Waals surface area contributed by atoms with Gasteiger partial charge in [-0.3, -0.25) is 0 Å². The molecule has 0 aromatic heterocycles. The van der Waals surface area contributed by atoms with E-state index in [2.05, 4.69) is 0 Å². The number of benzene rings is 1. The number of carboxylic acid groups (broad SMARTS) is 1. The number of rotatable bonds is 3. The van der Waals surface area contributed by atoms with Crippen LogP contribution < -0.4 is 9.84 Å². The second-order valence-corrected chi connectivity index (χ2v) is 3.79. The van der Waals surface area contributed by atoms with Crippen LogP contribution in [0.15, 0.2) is 24.3 Å². The molecule has 2 N–H and O–H groups in total. The maximum Gasteiger partial charge on any atom is 3.00 e. The van der Waals surface area contributed by atoms with Gasteiger partial charge < -0.3 is 25.6 Å². The first-order valence-electron chi connectivity index (χ1n) is 4.08. The van der Waals surface area contributed by atoms with Gasteiger partial charge in [0, 0.05) is 5.02 Å². The van der Waals surface area contributed by atoms with Gasteiger partial charge >= 0.3 is 17.4 Å². The van der Waals surface area contributed by atoms with Crippen molar-refractivity contribution >= 4 is 34.9 Å². The summed E-state index contributed by atoms with van der Waals surface area (Å²) in [5.74, 6) is -0.809. The van der Waals surface area contributed by atoms with Crippen molar-refractivity contribution in [2.75, 3.05) is 0 Å². The largest absolute Gasteiger partial charge is 3.00 e. The third-order valence-electron chi connectivity index (χ3n) is 1.68. The maximum atomic E-state index is 10.6. The summed E-state index contributed by atoms with van der Waals surface area (Å²) in [6, 6.07) is 6.46. The molecule has 1 aromatic carbocycles. The maximum absolute atomic E-state index is 10.6. The number of aliphatic carboxylic acids is 1. The van der Waals surface area contributed by atoms with Gasteiger partial charge in [0.05, 0.1) is 5.97 Å².